The summed E-state index contributed by atoms with van der Waals surface area (Å²) in [5.41, 5.74) is 5.19. The zero-order chi connectivity index (χ0) is 16.0. The molecule has 5 N–H and O–H groups in total. The van der Waals surface area contributed by atoms with Crippen molar-refractivity contribution in [3.8, 4) is 0 Å². The number of hydrogen-bond donors (Lipinski definition) is 4. The van der Waals surface area contributed by atoms with Crippen molar-refractivity contribution in [3.05, 3.63) is 20.8 Å². The number of aromatic amines is 1. The first-order valence-electron chi connectivity index (χ1n) is 7.42. The lowest BCUT2D eigenvalue weighted by molar-refractivity contribution is 0.267. The van der Waals surface area contributed by atoms with Crippen LogP contribution in [0.4, 0.5) is 11.5 Å². The molecule has 0 aliphatic carbocycles. The Labute approximate surface area is 124 Å². The van der Waals surface area contributed by atoms with E-state index in [1.165, 1.54) is 4.57 Å². The van der Waals surface area contributed by atoms with Crippen LogP contribution >= 0.6 is 0 Å². The zero-order valence-electron chi connectivity index (χ0n) is 13.0. The van der Waals surface area contributed by atoms with Gasteiger partial charge in [-0.3, -0.25) is 14.3 Å². The molecule has 1 rings (SSSR count). The lowest BCUT2D eigenvalue weighted by atomic mass is 10.0. The number of nitrogens with zero attached hydrogens (tertiary/aromatic N) is 1. The summed E-state index contributed by atoms with van der Waals surface area (Å²) in [5, 5.41) is 12.2. The molecule has 1 unspecified atom stereocenters. The molecule has 0 fully saturated rings. The predicted molar refractivity (Wildman–Crippen MR) is 84.6 cm³/mol. The standard InChI is InChI=1S/C14H26N4O3/c1-4-5-7-18-12(15)11(13(20)17-14(18)21)16-10(6-8-19)9(2)3/h9-10,16,19H,4-8,15H2,1-3H3,(H,17,20,21). The van der Waals surface area contributed by atoms with Crippen molar-refractivity contribution in [2.45, 2.75) is 52.6 Å². The first-order chi connectivity index (χ1) is 9.92. The lowest BCUT2D eigenvalue weighted by Crippen LogP contribution is -2.37. The second-order valence-corrected chi connectivity index (χ2v) is 5.53. The van der Waals surface area contributed by atoms with Gasteiger partial charge in [0.1, 0.15) is 11.5 Å². The highest BCUT2D eigenvalue weighted by Gasteiger charge is 2.18. The predicted octanol–water partition coefficient (Wildman–Crippen LogP) is 0.738. The molecule has 0 amide bonds. The molecule has 21 heavy (non-hydrogen) atoms. The van der Waals surface area contributed by atoms with Gasteiger partial charge in [-0.25, -0.2) is 4.79 Å². The minimum Gasteiger partial charge on any atom is -0.396 e. The van der Waals surface area contributed by atoms with Gasteiger partial charge in [-0.15, -0.1) is 0 Å². The van der Waals surface area contributed by atoms with Crippen molar-refractivity contribution < 1.29 is 5.11 Å². The van der Waals surface area contributed by atoms with E-state index in [9.17, 15) is 9.59 Å². The van der Waals surface area contributed by atoms with E-state index in [-0.39, 0.29) is 30.1 Å². The van der Waals surface area contributed by atoms with Crippen molar-refractivity contribution in [3.63, 3.8) is 0 Å². The molecular weight excluding hydrogens is 272 g/mol. The molecule has 0 saturated carbocycles. The Morgan fingerprint density at radius 3 is 2.57 bits per heavy atom. The third-order valence-electron chi connectivity index (χ3n) is 3.55. The van der Waals surface area contributed by atoms with Gasteiger partial charge in [0.25, 0.3) is 5.56 Å². The maximum atomic E-state index is 12.0. The van der Waals surface area contributed by atoms with E-state index < -0.39 is 11.2 Å². The average Bonchev–Trinajstić information content (AvgIpc) is 2.41. The summed E-state index contributed by atoms with van der Waals surface area (Å²) in [6.07, 6.45) is 2.23. The molecule has 0 aliphatic heterocycles. The van der Waals surface area contributed by atoms with E-state index in [0.717, 1.165) is 12.8 Å². The third kappa shape index (κ3) is 4.35. The number of nitrogens with one attached hydrogen (secondary N) is 2. The van der Waals surface area contributed by atoms with Gasteiger partial charge < -0.3 is 16.2 Å². The maximum absolute atomic E-state index is 12.0. The van der Waals surface area contributed by atoms with Gasteiger partial charge in [-0.2, -0.15) is 0 Å². The Hall–Kier alpha value is -1.76. The van der Waals surface area contributed by atoms with Gasteiger partial charge in [0.2, 0.25) is 0 Å². The van der Waals surface area contributed by atoms with Crippen LogP contribution in [-0.4, -0.2) is 27.3 Å². The molecule has 0 bridgehead atoms. The van der Waals surface area contributed by atoms with Gasteiger partial charge in [0.15, 0.2) is 0 Å². The van der Waals surface area contributed by atoms with Gasteiger partial charge in [-0.1, -0.05) is 27.2 Å². The number of aliphatic hydroxyl groups excluding tert-OH is 1. The van der Waals surface area contributed by atoms with Crippen molar-refractivity contribution in [2.24, 2.45) is 5.92 Å². The average molecular weight is 298 g/mol. The van der Waals surface area contributed by atoms with Crippen LogP contribution in [0.3, 0.4) is 0 Å². The summed E-state index contributed by atoms with van der Waals surface area (Å²) in [6, 6.07) is -0.0875. The smallest absolute Gasteiger partial charge is 0.330 e. The lowest BCUT2D eigenvalue weighted by Gasteiger charge is -2.23. The second kappa shape index (κ2) is 7.87. The Kier molecular flexibility index (Phi) is 6.48. The fourth-order valence-electron chi connectivity index (χ4n) is 2.16. The molecule has 7 heteroatoms. The van der Waals surface area contributed by atoms with Crippen LogP contribution in [0.25, 0.3) is 0 Å². The Morgan fingerprint density at radius 1 is 1.38 bits per heavy atom. The summed E-state index contributed by atoms with van der Waals surface area (Å²) in [4.78, 5) is 26.1. The molecule has 7 nitrogen and oxygen atoms in total. The highest BCUT2D eigenvalue weighted by Crippen LogP contribution is 2.17. The van der Waals surface area contributed by atoms with Crippen LogP contribution in [0.5, 0.6) is 0 Å². The number of unbranched alkanes of at least 4 members (excludes halogenated alkanes) is 1. The van der Waals surface area contributed by atoms with Crippen molar-refractivity contribution >= 4 is 11.5 Å². The van der Waals surface area contributed by atoms with Gasteiger partial charge >= 0.3 is 5.69 Å². The molecule has 1 aromatic heterocycles. The molecule has 0 radical (unpaired) electrons. The molecule has 120 valence electrons. The van der Waals surface area contributed by atoms with Gasteiger partial charge in [-0.05, 0) is 18.8 Å². The van der Waals surface area contributed by atoms with E-state index in [4.69, 9.17) is 10.8 Å². The molecule has 1 heterocycles. The molecule has 1 aromatic rings. The SMILES string of the molecule is CCCCn1c(N)c(NC(CCO)C(C)C)c(=O)[nH]c1=O. The Balaban J connectivity index is 3.17. The highest BCUT2D eigenvalue weighted by atomic mass is 16.3. The van der Waals surface area contributed by atoms with Crippen molar-refractivity contribution in [1.82, 2.24) is 9.55 Å². The number of aliphatic hydroxyl groups is 1. The summed E-state index contributed by atoms with van der Waals surface area (Å²) < 4.78 is 1.38. The molecule has 0 spiro atoms. The van der Waals surface area contributed by atoms with Gasteiger partial charge in [0, 0.05) is 19.2 Å². The topological polar surface area (TPSA) is 113 Å². The molecule has 1 atom stereocenters. The monoisotopic (exact) mass is 298 g/mol. The molecule has 0 saturated heterocycles. The fraction of sp³-hybridized carbons (Fsp3) is 0.714. The number of hydrogen-bond acceptors (Lipinski definition) is 5. The van der Waals surface area contributed by atoms with E-state index >= 15 is 0 Å². The number of nitrogens with two attached hydrogens (primary N) is 1. The molecule has 0 aliphatic rings. The minimum atomic E-state index is -0.520. The number of H-pyrrole nitrogens is 1. The minimum absolute atomic E-state index is 0.0170. The zero-order valence-corrected chi connectivity index (χ0v) is 13.0. The Bertz CT molecular complexity index is 562. The van der Waals surface area contributed by atoms with Crippen LogP contribution in [0.1, 0.15) is 40.0 Å². The van der Waals surface area contributed by atoms with E-state index in [2.05, 4.69) is 10.3 Å². The molecule has 0 aromatic carbocycles. The molecular formula is C14H26N4O3. The maximum Gasteiger partial charge on any atom is 0.330 e. The third-order valence-corrected chi connectivity index (χ3v) is 3.55. The van der Waals surface area contributed by atoms with Crippen molar-refractivity contribution in [2.75, 3.05) is 17.7 Å². The number of anilines is 2. The van der Waals surface area contributed by atoms with Gasteiger partial charge in [0.05, 0.1) is 0 Å². The first-order valence-corrected chi connectivity index (χ1v) is 7.42. The summed E-state index contributed by atoms with van der Waals surface area (Å²) >= 11 is 0. The van der Waals surface area contributed by atoms with E-state index in [0.29, 0.717) is 13.0 Å². The largest absolute Gasteiger partial charge is 0.396 e. The van der Waals surface area contributed by atoms with Crippen LogP contribution in [0, 0.1) is 5.92 Å². The van der Waals surface area contributed by atoms with E-state index in [1.807, 2.05) is 20.8 Å². The normalized spacial score (nSPS) is 12.6. The summed E-state index contributed by atoms with van der Waals surface area (Å²) in [6.45, 7) is 6.49. The van der Waals surface area contributed by atoms with Crippen LogP contribution in [0.2, 0.25) is 0 Å². The number of aromatic nitrogens is 2. The second-order valence-electron chi connectivity index (χ2n) is 5.53. The summed E-state index contributed by atoms with van der Waals surface area (Å²) in [5.74, 6) is 0.368. The summed E-state index contributed by atoms with van der Waals surface area (Å²) in [7, 11) is 0. The van der Waals surface area contributed by atoms with Crippen LogP contribution in [0.15, 0.2) is 9.59 Å². The number of rotatable bonds is 8. The van der Waals surface area contributed by atoms with Crippen molar-refractivity contribution in [1.29, 1.82) is 0 Å². The highest BCUT2D eigenvalue weighted by molar-refractivity contribution is 5.60. The fourth-order valence-corrected chi connectivity index (χ4v) is 2.16. The number of nitrogen functional groups attached to an aromatic ring is 1. The van der Waals surface area contributed by atoms with E-state index in [1.54, 1.807) is 0 Å². The Morgan fingerprint density at radius 2 is 2.05 bits per heavy atom. The van der Waals surface area contributed by atoms with Crippen LogP contribution < -0.4 is 22.3 Å². The quantitative estimate of drug-likeness (QED) is 0.565. The van der Waals surface area contributed by atoms with Crippen LogP contribution in [-0.2, 0) is 6.54 Å². The first kappa shape index (κ1) is 17.3.